The largest absolute Gasteiger partial charge is 0.416 e. The molecule has 1 fully saturated rings. The minimum atomic E-state index is -4.50. The Balaban J connectivity index is 1.95. The van der Waals surface area contributed by atoms with Crippen molar-refractivity contribution in [2.45, 2.75) is 36.4 Å². The van der Waals surface area contributed by atoms with Crippen molar-refractivity contribution in [3.8, 4) is 0 Å². The summed E-state index contributed by atoms with van der Waals surface area (Å²) >= 11 is 0. The van der Waals surface area contributed by atoms with E-state index >= 15 is 0 Å². The zero-order valence-electron chi connectivity index (χ0n) is 11.1. The topological polar surface area (TPSA) is 66.4 Å². The monoisotopic (exact) mass is 323 g/mol. The number of nitrogens with one attached hydrogen (secondary N) is 1. The number of hydrogen-bond acceptors (Lipinski definition) is 3. The van der Waals surface area contributed by atoms with Crippen LogP contribution in [-0.2, 0) is 16.2 Å². The summed E-state index contributed by atoms with van der Waals surface area (Å²) in [5.74, 6) is 0.251. The highest BCUT2D eigenvalue weighted by Crippen LogP contribution is 2.33. The number of halogens is 3. The van der Waals surface area contributed by atoms with Crippen LogP contribution in [0.2, 0.25) is 0 Å². The molecule has 1 unspecified atom stereocenters. The molecular weight excluding hydrogens is 307 g/mol. The maximum atomic E-state index is 12.4. The summed E-state index contributed by atoms with van der Waals surface area (Å²) in [4.78, 5) is -0.226. The Morgan fingerprint density at radius 2 is 1.81 bits per heavy atom. The van der Waals surface area contributed by atoms with E-state index in [-0.39, 0.29) is 17.4 Å². The van der Waals surface area contributed by atoms with E-state index in [9.17, 15) is 26.7 Å². The molecule has 0 amide bonds. The van der Waals surface area contributed by atoms with Gasteiger partial charge in [-0.25, -0.2) is 13.1 Å². The van der Waals surface area contributed by atoms with Crippen LogP contribution < -0.4 is 4.72 Å². The average molecular weight is 323 g/mol. The van der Waals surface area contributed by atoms with Gasteiger partial charge in [0, 0.05) is 6.54 Å². The molecule has 2 rings (SSSR count). The van der Waals surface area contributed by atoms with E-state index in [1.165, 1.54) is 0 Å². The van der Waals surface area contributed by atoms with E-state index in [0.29, 0.717) is 6.42 Å². The van der Waals surface area contributed by atoms with E-state index in [1.54, 1.807) is 0 Å². The standard InChI is InChI=1S/C13H16F3NO3S/c14-13(15,16)10-3-5-11(6-4-10)21(19,20)17-8-7-12(18)9-1-2-9/h3-6,9,12,17-18H,1-2,7-8H2. The number of hydrogen-bond donors (Lipinski definition) is 2. The molecule has 1 saturated carbocycles. The van der Waals surface area contributed by atoms with E-state index in [2.05, 4.69) is 4.72 Å². The molecule has 1 aliphatic rings. The maximum Gasteiger partial charge on any atom is 0.416 e. The third kappa shape index (κ3) is 4.42. The lowest BCUT2D eigenvalue weighted by atomic mass is 10.2. The average Bonchev–Trinajstić information content (AvgIpc) is 3.22. The van der Waals surface area contributed by atoms with Crippen molar-refractivity contribution in [2.24, 2.45) is 5.92 Å². The molecule has 0 aromatic heterocycles. The van der Waals surface area contributed by atoms with Crippen molar-refractivity contribution < 1.29 is 26.7 Å². The summed E-state index contributed by atoms with van der Waals surface area (Å²) in [6.45, 7) is 0.0566. The molecule has 0 bridgehead atoms. The maximum absolute atomic E-state index is 12.4. The van der Waals surface area contributed by atoms with Crippen LogP contribution in [0.5, 0.6) is 0 Å². The third-order valence-electron chi connectivity index (χ3n) is 3.39. The fraction of sp³-hybridized carbons (Fsp3) is 0.538. The Morgan fingerprint density at radius 1 is 1.24 bits per heavy atom. The van der Waals surface area contributed by atoms with Gasteiger partial charge in [-0.3, -0.25) is 0 Å². The van der Waals surface area contributed by atoms with Crippen LogP contribution in [0.3, 0.4) is 0 Å². The lowest BCUT2D eigenvalue weighted by Crippen LogP contribution is -2.28. The first-order chi connectivity index (χ1) is 9.70. The molecule has 21 heavy (non-hydrogen) atoms. The van der Waals surface area contributed by atoms with Gasteiger partial charge in [-0.2, -0.15) is 13.2 Å². The van der Waals surface area contributed by atoms with Crippen LogP contribution in [0, 0.1) is 5.92 Å². The quantitative estimate of drug-likeness (QED) is 0.843. The molecule has 0 heterocycles. The van der Waals surface area contributed by atoms with Gasteiger partial charge in [0.2, 0.25) is 10.0 Å². The number of benzene rings is 1. The second-order valence-electron chi connectivity index (χ2n) is 5.11. The van der Waals surface area contributed by atoms with Gasteiger partial charge in [-0.05, 0) is 49.4 Å². The fourth-order valence-corrected chi connectivity index (χ4v) is 3.01. The highest BCUT2D eigenvalue weighted by molar-refractivity contribution is 7.89. The van der Waals surface area contributed by atoms with Crippen molar-refractivity contribution in [1.29, 1.82) is 0 Å². The van der Waals surface area contributed by atoms with Gasteiger partial charge >= 0.3 is 6.18 Å². The first-order valence-electron chi connectivity index (χ1n) is 6.55. The molecule has 1 aromatic carbocycles. The second kappa shape index (κ2) is 5.94. The SMILES string of the molecule is O=S(=O)(NCCC(O)C1CC1)c1ccc(C(F)(F)F)cc1. The summed E-state index contributed by atoms with van der Waals surface area (Å²) in [6, 6.07) is 3.30. The Morgan fingerprint density at radius 3 is 2.29 bits per heavy atom. The van der Waals surface area contributed by atoms with Gasteiger partial charge in [0.15, 0.2) is 0 Å². The first-order valence-corrected chi connectivity index (χ1v) is 8.03. The van der Waals surface area contributed by atoms with E-state index in [0.717, 1.165) is 37.1 Å². The van der Waals surface area contributed by atoms with Crippen LogP contribution in [0.25, 0.3) is 0 Å². The van der Waals surface area contributed by atoms with Gasteiger partial charge in [0.25, 0.3) is 0 Å². The van der Waals surface area contributed by atoms with Crippen LogP contribution in [-0.4, -0.2) is 26.2 Å². The first kappa shape index (κ1) is 16.3. The molecule has 0 aliphatic heterocycles. The predicted molar refractivity (Wildman–Crippen MR) is 70.0 cm³/mol. The molecular formula is C13H16F3NO3S. The molecule has 0 spiro atoms. The molecule has 8 heteroatoms. The third-order valence-corrected chi connectivity index (χ3v) is 4.87. The van der Waals surface area contributed by atoms with Gasteiger partial charge in [0.1, 0.15) is 0 Å². The number of rotatable bonds is 6. The zero-order valence-corrected chi connectivity index (χ0v) is 11.9. The summed E-state index contributed by atoms with van der Waals surface area (Å²) in [5.41, 5.74) is -0.898. The van der Waals surface area contributed by atoms with Crippen molar-refractivity contribution in [3.63, 3.8) is 0 Å². The van der Waals surface area contributed by atoms with Crippen LogP contribution in [0.4, 0.5) is 13.2 Å². The number of aliphatic hydroxyl groups is 1. The molecule has 1 aromatic rings. The summed E-state index contributed by atoms with van der Waals surface area (Å²) in [6.07, 6.45) is -2.82. The molecule has 2 N–H and O–H groups in total. The number of alkyl halides is 3. The zero-order chi connectivity index (χ0) is 15.7. The van der Waals surface area contributed by atoms with Crippen LogP contribution >= 0.6 is 0 Å². The molecule has 4 nitrogen and oxygen atoms in total. The summed E-state index contributed by atoms with van der Waals surface area (Å²) in [5, 5.41) is 9.62. The van der Waals surface area contributed by atoms with Crippen molar-refractivity contribution in [3.05, 3.63) is 29.8 Å². The normalized spacial score (nSPS) is 17.7. The Bertz CT molecular complexity index is 580. The fourth-order valence-electron chi connectivity index (χ4n) is 1.96. The van der Waals surface area contributed by atoms with Crippen molar-refractivity contribution >= 4 is 10.0 Å². The Hall–Kier alpha value is -1.12. The smallest absolute Gasteiger partial charge is 0.393 e. The van der Waals surface area contributed by atoms with E-state index in [1.807, 2.05) is 0 Å². The van der Waals surface area contributed by atoms with Crippen LogP contribution in [0.1, 0.15) is 24.8 Å². The van der Waals surface area contributed by atoms with Gasteiger partial charge in [0.05, 0.1) is 16.6 Å². The highest BCUT2D eigenvalue weighted by Gasteiger charge is 2.31. The van der Waals surface area contributed by atoms with Gasteiger partial charge in [-0.15, -0.1) is 0 Å². The summed E-state index contributed by atoms with van der Waals surface area (Å²) in [7, 11) is -3.85. The molecule has 1 aliphatic carbocycles. The highest BCUT2D eigenvalue weighted by atomic mass is 32.2. The Labute approximate surface area is 121 Å². The summed E-state index contributed by atoms with van der Waals surface area (Å²) < 4.78 is 63.2. The van der Waals surface area contributed by atoms with Gasteiger partial charge in [-0.1, -0.05) is 0 Å². The molecule has 118 valence electrons. The predicted octanol–water partition coefficient (Wildman–Crippen LogP) is 2.14. The lowest BCUT2D eigenvalue weighted by molar-refractivity contribution is -0.137. The number of sulfonamides is 1. The van der Waals surface area contributed by atoms with Crippen molar-refractivity contribution in [1.82, 2.24) is 4.72 Å². The minimum Gasteiger partial charge on any atom is -0.393 e. The molecule has 1 atom stereocenters. The van der Waals surface area contributed by atoms with Crippen LogP contribution in [0.15, 0.2) is 29.2 Å². The van der Waals surface area contributed by atoms with Crippen molar-refractivity contribution in [2.75, 3.05) is 6.54 Å². The molecule has 0 saturated heterocycles. The Kier molecular flexibility index (Phi) is 4.60. The van der Waals surface area contributed by atoms with Gasteiger partial charge < -0.3 is 5.11 Å². The molecule has 0 radical (unpaired) electrons. The van der Waals surface area contributed by atoms with E-state index < -0.39 is 27.9 Å². The minimum absolute atomic E-state index is 0.0566. The second-order valence-corrected chi connectivity index (χ2v) is 6.88. The number of aliphatic hydroxyl groups excluding tert-OH is 1. The van der Waals surface area contributed by atoms with E-state index in [4.69, 9.17) is 0 Å². The lowest BCUT2D eigenvalue weighted by Gasteiger charge is -2.11.